The number of amides is 4. The number of sulfonamides is 1. The van der Waals surface area contributed by atoms with Gasteiger partial charge in [-0.15, -0.1) is 0 Å². The maximum atomic E-state index is 14.8. The molecule has 3 fully saturated rings. The molecule has 15 nitrogen and oxygen atoms in total. The van der Waals surface area contributed by atoms with E-state index in [1.54, 1.807) is 46.1 Å². The lowest BCUT2D eigenvalue weighted by molar-refractivity contribution is -0.142. The molecular formula is C40H54FN5O10S. The molecule has 2 aromatic rings. The summed E-state index contributed by atoms with van der Waals surface area (Å²) in [6, 6.07) is 2.98. The summed E-state index contributed by atoms with van der Waals surface area (Å²) >= 11 is 0. The van der Waals surface area contributed by atoms with Crippen LogP contribution in [0.1, 0.15) is 79.6 Å². The quantitative estimate of drug-likeness (QED) is 0.306. The van der Waals surface area contributed by atoms with Crippen LogP contribution in [0, 0.1) is 17.8 Å². The molecule has 4 aliphatic rings. The van der Waals surface area contributed by atoms with Crippen molar-refractivity contribution in [3.8, 4) is 17.4 Å². The highest BCUT2D eigenvalue weighted by Gasteiger charge is 2.64. The predicted molar refractivity (Wildman–Crippen MR) is 208 cm³/mol. The number of ether oxygens (including phenoxy) is 4. The van der Waals surface area contributed by atoms with Crippen LogP contribution in [-0.2, 0) is 29.1 Å². The summed E-state index contributed by atoms with van der Waals surface area (Å²) in [5, 5.41) is 6.85. The highest BCUT2D eigenvalue weighted by atomic mass is 32.2. The van der Waals surface area contributed by atoms with E-state index < -0.39 is 80.5 Å². The number of halogens is 1. The minimum absolute atomic E-state index is 0.0328. The molecule has 1 saturated heterocycles. The number of pyridine rings is 1. The minimum Gasteiger partial charge on any atom is -0.497 e. The van der Waals surface area contributed by atoms with E-state index in [4.69, 9.17) is 18.9 Å². The first-order chi connectivity index (χ1) is 26.9. The molecule has 2 aliphatic carbocycles. The second-order valence-electron chi connectivity index (χ2n) is 16.9. The van der Waals surface area contributed by atoms with E-state index in [-0.39, 0.29) is 49.9 Å². The fraction of sp³-hybridized carbons (Fsp3) is 0.625. The molecule has 1 unspecified atom stereocenters. The fourth-order valence-electron chi connectivity index (χ4n) is 7.72. The number of allylic oxidation sites excluding steroid dienone is 1. The van der Waals surface area contributed by atoms with Crippen LogP contribution in [-0.4, -0.2) is 104 Å². The molecule has 1 aromatic carbocycles. The number of aromatic nitrogens is 1. The van der Waals surface area contributed by atoms with Crippen LogP contribution >= 0.6 is 0 Å². The van der Waals surface area contributed by atoms with Crippen molar-refractivity contribution in [2.75, 3.05) is 27.4 Å². The molecule has 0 bridgehead atoms. The monoisotopic (exact) mass is 815 g/mol. The summed E-state index contributed by atoms with van der Waals surface area (Å²) < 4.78 is 63.6. The lowest BCUT2D eigenvalue weighted by Crippen LogP contribution is -2.59. The number of methoxy groups -OCH3 is 2. The van der Waals surface area contributed by atoms with Gasteiger partial charge in [-0.1, -0.05) is 32.4 Å². The summed E-state index contributed by atoms with van der Waals surface area (Å²) in [6.07, 6.45) is 5.86. The van der Waals surface area contributed by atoms with Crippen LogP contribution in [0.5, 0.6) is 17.4 Å². The lowest BCUT2D eigenvalue weighted by atomic mass is 9.92. The normalized spacial score (nSPS) is 29.4. The highest BCUT2D eigenvalue weighted by molar-refractivity contribution is 7.91. The van der Waals surface area contributed by atoms with Crippen LogP contribution in [0.4, 0.5) is 9.18 Å². The molecule has 7 atom stereocenters. The zero-order valence-corrected chi connectivity index (χ0v) is 34.4. The Labute approximate surface area is 332 Å². The third-order valence-electron chi connectivity index (χ3n) is 11.5. The Morgan fingerprint density at radius 1 is 1.07 bits per heavy atom. The van der Waals surface area contributed by atoms with Gasteiger partial charge in [-0.25, -0.2) is 22.6 Å². The van der Waals surface area contributed by atoms with Crippen LogP contribution in [0.25, 0.3) is 10.8 Å². The van der Waals surface area contributed by atoms with Gasteiger partial charge >= 0.3 is 6.09 Å². The van der Waals surface area contributed by atoms with E-state index in [1.807, 2.05) is 26.0 Å². The molecule has 0 radical (unpaired) electrons. The van der Waals surface area contributed by atoms with Gasteiger partial charge in [0, 0.05) is 23.1 Å². The van der Waals surface area contributed by atoms with Crippen LogP contribution < -0.4 is 29.6 Å². The largest absolute Gasteiger partial charge is 0.497 e. The molecular weight excluding hydrogens is 762 g/mol. The standard InChI is InChI=1S/C40H54FN5O10S/c1-23-9-8-10-24(2)32(43-37(50)56-38(3,4)5)35(48)46-21-27(55-34-28-14-13-26(53-6)17-29(28)31(54-7)20-42-34)18-30(46)33(47)44-40(19-25(40)12-11-23)36(49)45-57(51,52)39(22-41)15-16-39/h11-14,17,20,23-25,27,30,32H,8-10,15-16,18-19,21-22H2,1-7H3,(H,43,50)(H,44,47)(H,45,49)/b12-11-/t23-,24-,25-,27-,30+,32?,40-/m1/s1. The van der Waals surface area contributed by atoms with E-state index in [2.05, 4.69) is 20.3 Å². The Balaban J connectivity index is 1.36. The van der Waals surface area contributed by atoms with Crippen molar-refractivity contribution in [2.45, 2.75) is 114 Å². The van der Waals surface area contributed by atoms with Gasteiger partial charge in [0.05, 0.1) is 27.0 Å². The number of carbonyl (C=O) groups is 4. The average Bonchev–Trinajstić information content (AvgIpc) is 4.06. The number of nitrogens with zero attached hydrogens (tertiary/aromatic N) is 2. The summed E-state index contributed by atoms with van der Waals surface area (Å²) in [5.41, 5.74) is -2.52. The Kier molecular flexibility index (Phi) is 11.7. The first-order valence-corrected chi connectivity index (χ1v) is 20.9. The number of alkyl halides is 1. The van der Waals surface area contributed by atoms with E-state index in [9.17, 15) is 32.0 Å². The van der Waals surface area contributed by atoms with Gasteiger partial charge < -0.3 is 34.5 Å². The third kappa shape index (κ3) is 8.77. The van der Waals surface area contributed by atoms with Gasteiger partial charge in [0.2, 0.25) is 27.7 Å². The molecule has 0 spiro atoms. The van der Waals surface area contributed by atoms with Gasteiger partial charge in [0.1, 0.15) is 52.2 Å². The van der Waals surface area contributed by atoms with E-state index in [0.717, 1.165) is 6.42 Å². The van der Waals surface area contributed by atoms with Gasteiger partial charge in [0.15, 0.2) is 0 Å². The molecule has 17 heteroatoms. The Hall–Kier alpha value is -4.67. The van der Waals surface area contributed by atoms with Gasteiger partial charge in [-0.05, 0) is 82.9 Å². The molecule has 57 heavy (non-hydrogen) atoms. The number of hydrogen-bond acceptors (Lipinski definition) is 11. The number of fused-ring (bicyclic) bond motifs is 3. The van der Waals surface area contributed by atoms with Crippen molar-refractivity contribution >= 4 is 44.6 Å². The Morgan fingerprint density at radius 2 is 1.81 bits per heavy atom. The zero-order valence-electron chi connectivity index (χ0n) is 33.6. The van der Waals surface area contributed by atoms with Crippen molar-refractivity contribution in [1.29, 1.82) is 0 Å². The van der Waals surface area contributed by atoms with Crippen LogP contribution in [0.15, 0.2) is 36.5 Å². The van der Waals surface area contributed by atoms with Crippen molar-refractivity contribution < 1.29 is 50.9 Å². The maximum Gasteiger partial charge on any atom is 0.408 e. The SMILES string of the molecule is COc1ccc2c(O[C@@H]3C[C@H]4C(=O)N[C@]5(C(=O)NS(=O)(=O)C6(CF)CC6)C[C@H]5/C=C\[C@H](C)CCC[C@@H](C)C(NC(=O)OC(C)(C)C)C(=O)N4C3)ncc(OC)c2c1. The number of hydrogen-bond donors (Lipinski definition) is 3. The molecule has 3 N–H and O–H groups in total. The van der Waals surface area contributed by atoms with E-state index in [1.165, 1.54) is 18.2 Å². The Bertz CT molecular complexity index is 2040. The minimum atomic E-state index is -4.40. The zero-order chi connectivity index (χ0) is 41.5. The van der Waals surface area contributed by atoms with Crippen molar-refractivity contribution in [3.05, 3.63) is 36.5 Å². The summed E-state index contributed by atoms with van der Waals surface area (Å²) in [6.45, 7) is 7.77. The highest BCUT2D eigenvalue weighted by Crippen LogP contribution is 2.48. The van der Waals surface area contributed by atoms with Crippen LogP contribution in [0.3, 0.4) is 0 Å². The van der Waals surface area contributed by atoms with Crippen molar-refractivity contribution in [3.63, 3.8) is 0 Å². The Morgan fingerprint density at radius 3 is 2.46 bits per heavy atom. The fourth-order valence-corrected chi connectivity index (χ4v) is 9.14. The molecule has 312 valence electrons. The number of benzene rings is 1. The first kappa shape index (κ1) is 41.9. The molecule has 2 aliphatic heterocycles. The molecule has 1 aromatic heterocycles. The number of rotatable bonds is 9. The topological polar surface area (TPSA) is 192 Å². The number of alkyl carbamates (subject to hydrolysis) is 1. The van der Waals surface area contributed by atoms with E-state index in [0.29, 0.717) is 35.1 Å². The molecule has 3 heterocycles. The number of carbonyl (C=O) groups excluding carboxylic acids is 4. The second-order valence-corrected chi connectivity index (χ2v) is 19.0. The molecule has 4 amide bonds. The van der Waals surface area contributed by atoms with Gasteiger partial charge in [-0.3, -0.25) is 19.1 Å². The van der Waals surface area contributed by atoms with Crippen molar-refractivity contribution in [1.82, 2.24) is 25.2 Å². The number of nitrogens with one attached hydrogen (secondary N) is 3. The summed E-state index contributed by atoms with van der Waals surface area (Å²) in [7, 11) is -1.34. The van der Waals surface area contributed by atoms with E-state index >= 15 is 0 Å². The lowest BCUT2D eigenvalue weighted by Gasteiger charge is -2.32. The summed E-state index contributed by atoms with van der Waals surface area (Å²) in [5.74, 6) is -1.85. The van der Waals surface area contributed by atoms with Gasteiger partial charge in [-0.2, -0.15) is 0 Å². The van der Waals surface area contributed by atoms with Gasteiger partial charge in [0.25, 0.3) is 5.91 Å². The maximum absolute atomic E-state index is 14.8. The third-order valence-corrected chi connectivity index (χ3v) is 13.6. The second kappa shape index (κ2) is 15.9. The average molecular weight is 816 g/mol. The van der Waals surface area contributed by atoms with Crippen molar-refractivity contribution in [2.24, 2.45) is 17.8 Å². The first-order valence-electron chi connectivity index (χ1n) is 19.5. The predicted octanol–water partition coefficient (Wildman–Crippen LogP) is 4.33. The molecule has 2 saturated carbocycles. The smallest absolute Gasteiger partial charge is 0.408 e. The summed E-state index contributed by atoms with van der Waals surface area (Å²) in [4.78, 5) is 62.3. The molecule has 6 rings (SSSR count). The van der Waals surface area contributed by atoms with Crippen LogP contribution in [0.2, 0.25) is 0 Å².